The molecule has 0 fully saturated rings. The normalized spacial score (nSPS) is 17.9. The highest BCUT2D eigenvalue weighted by atomic mass is 32.1. The summed E-state index contributed by atoms with van der Waals surface area (Å²) in [5.41, 5.74) is 9.47. The number of aromatic nitrogens is 1. The maximum Gasteiger partial charge on any atom is 0.107 e. The molecule has 2 aromatic rings. The van der Waals surface area contributed by atoms with Gasteiger partial charge in [-0.05, 0) is 43.0 Å². The zero-order valence-electron chi connectivity index (χ0n) is 10.4. The molecular weight excluding hydrogens is 242 g/mol. The van der Waals surface area contributed by atoms with Gasteiger partial charge in [0.15, 0.2) is 0 Å². The fraction of sp³-hybridized carbons (Fsp3) is 0.357. The molecule has 94 valence electrons. The van der Waals surface area contributed by atoms with E-state index >= 15 is 0 Å². The molecule has 1 atom stereocenters. The van der Waals surface area contributed by atoms with E-state index in [4.69, 9.17) is 5.73 Å². The van der Waals surface area contributed by atoms with Crippen molar-refractivity contribution in [2.45, 2.75) is 32.4 Å². The smallest absolute Gasteiger partial charge is 0.107 e. The Morgan fingerprint density at radius 3 is 3.17 bits per heavy atom. The van der Waals surface area contributed by atoms with Crippen LogP contribution in [-0.2, 0) is 13.0 Å². The molecule has 0 amide bonds. The van der Waals surface area contributed by atoms with Crippen LogP contribution in [0.3, 0.4) is 0 Å². The van der Waals surface area contributed by atoms with Crippen molar-refractivity contribution in [2.24, 2.45) is 0 Å². The highest BCUT2D eigenvalue weighted by molar-refractivity contribution is 7.11. The molecule has 18 heavy (non-hydrogen) atoms. The minimum atomic E-state index is 0.449. The minimum absolute atomic E-state index is 0.449. The SMILES string of the molecule is Cc1cnc(CNC2CCc3cc(N)ccc32)s1. The average Bonchev–Trinajstić information content (AvgIpc) is 2.92. The van der Waals surface area contributed by atoms with E-state index in [1.54, 1.807) is 11.3 Å². The molecule has 0 radical (unpaired) electrons. The molecular formula is C14H17N3S. The lowest BCUT2D eigenvalue weighted by atomic mass is 10.1. The Bertz CT molecular complexity index is 562. The highest BCUT2D eigenvalue weighted by Gasteiger charge is 2.21. The van der Waals surface area contributed by atoms with E-state index in [0.29, 0.717) is 6.04 Å². The number of benzene rings is 1. The molecule has 3 nitrogen and oxygen atoms in total. The third-order valence-corrected chi connectivity index (χ3v) is 4.33. The first-order chi connectivity index (χ1) is 8.72. The van der Waals surface area contributed by atoms with E-state index in [2.05, 4.69) is 29.4 Å². The quantitative estimate of drug-likeness (QED) is 0.833. The summed E-state index contributed by atoms with van der Waals surface area (Å²) >= 11 is 1.76. The molecule has 1 heterocycles. The fourth-order valence-corrected chi connectivity index (χ4v) is 3.28. The number of nitrogens with zero attached hydrogens (tertiary/aromatic N) is 1. The number of hydrogen-bond acceptors (Lipinski definition) is 4. The maximum absolute atomic E-state index is 5.82. The van der Waals surface area contributed by atoms with Crippen molar-refractivity contribution in [2.75, 3.05) is 5.73 Å². The molecule has 1 unspecified atom stereocenters. The fourth-order valence-electron chi connectivity index (χ4n) is 2.54. The summed E-state index contributed by atoms with van der Waals surface area (Å²) in [5, 5.41) is 4.76. The number of fused-ring (bicyclic) bond motifs is 1. The third kappa shape index (κ3) is 2.26. The lowest BCUT2D eigenvalue weighted by Gasteiger charge is -2.13. The van der Waals surface area contributed by atoms with Gasteiger partial charge in [-0.3, -0.25) is 0 Å². The van der Waals surface area contributed by atoms with Crippen LogP contribution in [0.5, 0.6) is 0 Å². The lowest BCUT2D eigenvalue weighted by Crippen LogP contribution is -2.18. The molecule has 0 spiro atoms. The number of anilines is 1. The lowest BCUT2D eigenvalue weighted by molar-refractivity contribution is 0.529. The van der Waals surface area contributed by atoms with Gasteiger partial charge in [0.05, 0.1) is 0 Å². The minimum Gasteiger partial charge on any atom is -0.399 e. The number of rotatable bonds is 3. The van der Waals surface area contributed by atoms with Crippen LogP contribution >= 0.6 is 11.3 Å². The van der Waals surface area contributed by atoms with Crippen molar-refractivity contribution < 1.29 is 0 Å². The molecule has 3 N–H and O–H groups in total. The highest BCUT2D eigenvalue weighted by Crippen LogP contribution is 2.32. The second-order valence-electron chi connectivity index (χ2n) is 4.80. The number of thiazole rings is 1. The summed E-state index contributed by atoms with van der Waals surface area (Å²) in [7, 11) is 0. The molecule has 0 bridgehead atoms. The first kappa shape index (κ1) is 11.7. The van der Waals surface area contributed by atoms with Crippen LogP contribution < -0.4 is 11.1 Å². The number of nitrogen functional groups attached to an aromatic ring is 1. The predicted octanol–water partition coefficient (Wildman–Crippen LogP) is 2.81. The van der Waals surface area contributed by atoms with Crippen LogP contribution in [0.2, 0.25) is 0 Å². The second-order valence-corrected chi connectivity index (χ2v) is 6.11. The molecule has 1 aliphatic carbocycles. The van der Waals surface area contributed by atoms with E-state index in [-0.39, 0.29) is 0 Å². The maximum atomic E-state index is 5.82. The largest absolute Gasteiger partial charge is 0.399 e. The Morgan fingerprint density at radius 2 is 2.39 bits per heavy atom. The van der Waals surface area contributed by atoms with Crippen molar-refractivity contribution in [3.63, 3.8) is 0 Å². The summed E-state index contributed by atoms with van der Waals surface area (Å²) < 4.78 is 0. The monoisotopic (exact) mass is 259 g/mol. The molecule has 1 aliphatic rings. The Kier molecular flexibility index (Phi) is 3.06. The molecule has 4 heteroatoms. The van der Waals surface area contributed by atoms with Gasteiger partial charge in [-0.2, -0.15) is 0 Å². The van der Waals surface area contributed by atoms with E-state index in [9.17, 15) is 0 Å². The van der Waals surface area contributed by atoms with Gasteiger partial charge >= 0.3 is 0 Å². The van der Waals surface area contributed by atoms with Crippen LogP contribution in [0.25, 0.3) is 0 Å². The van der Waals surface area contributed by atoms with E-state index in [0.717, 1.165) is 30.1 Å². The van der Waals surface area contributed by atoms with Gasteiger partial charge in [0.1, 0.15) is 5.01 Å². The zero-order chi connectivity index (χ0) is 12.5. The van der Waals surface area contributed by atoms with Gasteiger partial charge in [0.25, 0.3) is 0 Å². The van der Waals surface area contributed by atoms with E-state index in [1.165, 1.54) is 16.0 Å². The molecule has 0 saturated carbocycles. The molecule has 3 rings (SSSR count). The van der Waals surface area contributed by atoms with Crippen molar-refractivity contribution >= 4 is 17.0 Å². The van der Waals surface area contributed by atoms with Gasteiger partial charge in [0.2, 0.25) is 0 Å². The number of nitrogens with one attached hydrogen (secondary N) is 1. The van der Waals surface area contributed by atoms with Crippen LogP contribution in [0, 0.1) is 6.92 Å². The summed E-state index contributed by atoms with van der Waals surface area (Å²) in [6.45, 7) is 2.95. The van der Waals surface area contributed by atoms with Crippen LogP contribution in [0.4, 0.5) is 5.69 Å². The zero-order valence-corrected chi connectivity index (χ0v) is 11.3. The van der Waals surface area contributed by atoms with Gasteiger partial charge in [0, 0.05) is 29.3 Å². The summed E-state index contributed by atoms with van der Waals surface area (Å²) in [6.07, 6.45) is 4.21. The van der Waals surface area contributed by atoms with Crippen LogP contribution in [0.1, 0.15) is 33.5 Å². The standard InChI is InChI=1S/C14H17N3S/c1-9-7-17-14(18-9)8-16-13-5-2-10-6-11(15)3-4-12(10)13/h3-4,6-7,13,16H,2,5,8,15H2,1H3. The summed E-state index contributed by atoms with van der Waals surface area (Å²) in [5.74, 6) is 0. The number of hydrogen-bond donors (Lipinski definition) is 2. The Balaban J connectivity index is 1.69. The van der Waals surface area contributed by atoms with Crippen LogP contribution in [0.15, 0.2) is 24.4 Å². The Morgan fingerprint density at radius 1 is 1.50 bits per heavy atom. The van der Waals surface area contributed by atoms with Gasteiger partial charge in [-0.1, -0.05) is 6.07 Å². The van der Waals surface area contributed by atoms with Gasteiger partial charge < -0.3 is 11.1 Å². The second kappa shape index (κ2) is 4.71. The average molecular weight is 259 g/mol. The molecule has 0 saturated heterocycles. The molecule has 1 aromatic carbocycles. The molecule has 0 aliphatic heterocycles. The first-order valence-electron chi connectivity index (χ1n) is 6.25. The van der Waals surface area contributed by atoms with Crippen molar-refractivity contribution in [1.29, 1.82) is 0 Å². The van der Waals surface area contributed by atoms with Gasteiger partial charge in [-0.25, -0.2) is 4.98 Å². The van der Waals surface area contributed by atoms with Crippen molar-refractivity contribution in [3.05, 3.63) is 45.4 Å². The van der Waals surface area contributed by atoms with Crippen molar-refractivity contribution in [1.82, 2.24) is 10.3 Å². The van der Waals surface area contributed by atoms with E-state index in [1.807, 2.05) is 12.3 Å². The van der Waals surface area contributed by atoms with Crippen LogP contribution in [-0.4, -0.2) is 4.98 Å². The van der Waals surface area contributed by atoms with Crippen molar-refractivity contribution in [3.8, 4) is 0 Å². The Labute approximate surface area is 111 Å². The first-order valence-corrected chi connectivity index (χ1v) is 7.07. The predicted molar refractivity (Wildman–Crippen MR) is 75.6 cm³/mol. The number of nitrogens with two attached hydrogens (primary N) is 1. The van der Waals surface area contributed by atoms with E-state index < -0.39 is 0 Å². The summed E-state index contributed by atoms with van der Waals surface area (Å²) in [4.78, 5) is 5.65. The topological polar surface area (TPSA) is 50.9 Å². The summed E-state index contributed by atoms with van der Waals surface area (Å²) in [6, 6.07) is 6.70. The number of aryl methyl sites for hydroxylation is 2. The Hall–Kier alpha value is -1.39. The third-order valence-electron chi connectivity index (χ3n) is 3.41. The van der Waals surface area contributed by atoms with Gasteiger partial charge in [-0.15, -0.1) is 11.3 Å². The molecule has 1 aromatic heterocycles.